The summed E-state index contributed by atoms with van der Waals surface area (Å²) in [6.45, 7) is 0. The fourth-order valence-corrected chi connectivity index (χ4v) is 13.2. The first kappa shape index (κ1) is 47.7. The van der Waals surface area contributed by atoms with Crippen LogP contribution in [0.25, 0.3) is 134 Å². The Labute approximate surface area is 485 Å². The van der Waals surface area contributed by atoms with Gasteiger partial charge in [0.25, 0.3) is 0 Å². The normalized spacial score (nSPS) is 14.0. The molecule has 6 nitrogen and oxygen atoms in total. The van der Waals surface area contributed by atoms with E-state index in [2.05, 4.69) is 243 Å². The van der Waals surface area contributed by atoms with E-state index in [0.29, 0.717) is 34.9 Å². The lowest BCUT2D eigenvalue weighted by Crippen LogP contribution is -2.27. The van der Waals surface area contributed by atoms with Crippen LogP contribution >= 0.6 is 0 Å². The molecule has 0 aliphatic heterocycles. The average Bonchev–Trinajstić information content (AvgIpc) is 0.865. The summed E-state index contributed by atoms with van der Waals surface area (Å²) in [6.07, 6.45) is 0. The van der Waals surface area contributed by atoms with Gasteiger partial charge >= 0.3 is 0 Å². The topological polar surface area (TPSA) is 77.3 Å². The quantitative estimate of drug-likeness (QED) is 0.141. The molecular formula is C78H48N6. The molecule has 0 N–H and O–H groups in total. The SMILES string of the molecule is c1ccc(-c2nc(-c3ccc(-c4ccc5c(c4)C4c6ccccc6C5c5cc(-c6ccc(-c7nc(-c8ccccc8)nc(-c8ccc9c(ccc%10ccccc%109)c8)n7)cc6)ccc54)cc3)nc(-c3ccc4c(ccc5ccccc54)c3)n2)cc1. The number of hydrogen-bond donors (Lipinski definition) is 0. The van der Waals surface area contributed by atoms with Crippen molar-refractivity contribution in [2.24, 2.45) is 0 Å². The van der Waals surface area contributed by atoms with Gasteiger partial charge < -0.3 is 0 Å². The van der Waals surface area contributed by atoms with Crippen molar-refractivity contribution in [3.63, 3.8) is 0 Å². The van der Waals surface area contributed by atoms with Crippen LogP contribution in [0.1, 0.15) is 45.2 Å². The Balaban J connectivity index is 0.682. The van der Waals surface area contributed by atoms with Gasteiger partial charge in [0, 0.05) is 45.2 Å². The van der Waals surface area contributed by atoms with Crippen molar-refractivity contribution < 1.29 is 0 Å². The minimum absolute atomic E-state index is 0.111. The van der Waals surface area contributed by atoms with E-state index in [0.717, 1.165) is 55.3 Å². The van der Waals surface area contributed by atoms with Crippen molar-refractivity contribution in [1.82, 2.24) is 29.9 Å². The molecule has 84 heavy (non-hydrogen) atoms. The maximum absolute atomic E-state index is 5.15. The van der Waals surface area contributed by atoms with E-state index in [1.807, 2.05) is 36.4 Å². The van der Waals surface area contributed by atoms with Gasteiger partial charge in [0.15, 0.2) is 34.9 Å². The number of hydrogen-bond acceptors (Lipinski definition) is 6. The highest BCUT2D eigenvalue weighted by atomic mass is 15.0. The lowest BCUT2D eigenvalue weighted by molar-refractivity contribution is 0.755. The maximum atomic E-state index is 5.15. The third-order valence-corrected chi connectivity index (χ3v) is 17.3. The van der Waals surface area contributed by atoms with Crippen LogP contribution in [0.15, 0.2) is 279 Å². The van der Waals surface area contributed by atoms with Crippen molar-refractivity contribution in [1.29, 1.82) is 0 Å². The molecule has 2 atom stereocenters. The van der Waals surface area contributed by atoms with Crippen molar-refractivity contribution in [3.8, 4) is 90.6 Å². The fraction of sp³-hybridized carbons (Fsp3) is 0.0256. The molecule has 3 aliphatic carbocycles. The standard InChI is InChI=1S/C78H48N6/c1-3-15-51(16-4-1)73-79-75(83-77(81-73)59-37-39-63-57(43-59)33-27-49-13-7-9-19-61(49)63)53-29-23-47(24-30-53)55-35-41-67-69(45-55)71-65-21-11-12-22-66(65)72(67)70-46-56(36-42-68(70)71)48-25-31-54(32-26-48)76-80-74(52-17-5-2-6-18-52)82-78(84-76)60-38-40-64-58(44-60)34-28-50-14-8-10-20-62(50)64/h1-46,71-72H. The van der Waals surface area contributed by atoms with Gasteiger partial charge in [-0.05, 0) is 123 Å². The van der Waals surface area contributed by atoms with Crippen molar-refractivity contribution in [2.45, 2.75) is 11.8 Å². The maximum Gasteiger partial charge on any atom is 0.164 e. The molecule has 0 fully saturated rings. The number of rotatable bonds is 8. The molecule has 390 valence electrons. The molecule has 2 unspecified atom stereocenters. The van der Waals surface area contributed by atoms with Crippen LogP contribution in [-0.2, 0) is 0 Å². The molecule has 0 radical (unpaired) electrons. The van der Waals surface area contributed by atoms with Gasteiger partial charge in [-0.1, -0.05) is 255 Å². The Morgan fingerprint density at radius 1 is 0.167 bits per heavy atom. The van der Waals surface area contributed by atoms with Crippen LogP contribution in [-0.4, -0.2) is 29.9 Å². The largest absolute Gasteiger partial charge is 0.208 e. The first-order valence-corrected chi connectivity index (χ1v) is 28.6. The highest BCUT2D eigenvalue weighted by molar-refractivity contribution is 6.09. The summed E-state index contributed by atoms with van der Waals surface area (Å²) in [5.41, 5.74) is 18.5. The Bertz CT molecular complexity index is 4810. The Morgan fingerprint density at radius 3 is 0.869 bits per heavy atom. The van der Waals surface area contributed by atoms with Crippen LogP contribution in [0.4, 0.5) is 0 Å². The average molecular weight is 1070 g/mol. The van der Waals surface area contributed by atoms with Gasteiger partial charge in [0.1, 0.15) is 0 Å². The van der Waals surface area contributed by atoms with E-state index in [1.165, 1.54) is 76.8 Å². The first-order chi connectivity index (χ1) is 41.6. The Kier molecular flexibility index (Phi) is 11.0. The van der Waals surface area contributed by atoms with Gasteiger partial charge in [0.2, 0.25) is 0 Å². The molecule has 0 saturated heterocycles. The zero-order valence-electron chi connectivity index (χ0n) is 45.4. The monoisotopic (exact) mass is 1070 g/mol. The van der Waals surface area contributed by atoms with Gasteiger partial charge in [0.05, 0.1) is 0 Å². The van der Waals surface area contributed by atoms with E-state index in [4.69, 9.17) is 29.9 Å². The third-order valence-electron chi connectivity index (χ3n) is 17.3. The fourth-order valence-electron chi connectivity index (χ4n) is 13.2. The number of benzene rings is 13. The summed E-state index contributed by atoms with van der Waals surface area (Å²) in [7, 11) is 0. The minimum Gasteiger partial charge on any atom is -0.208 e. The predicted molar refractivity (Wildman–Crippen MR) is 341 cm³/mol. The molecular weight excluding hydrogens is 1020 g/mol. The Morgan fingerprint density at radius 2 is 0.452 bits per heavy atom. The molecule has 0 amide bonds. The van der Waals surface area contributed by atoms with Crippen LogP contribution in [0.5, 0.6) is 0 Å². The molecule has 2 aromatic heterocycles. The minimum atomic E-state index is 0.111. The van der Waals surface area contributed by atoms with Crippen molar-refractivity contribution >= 4 is 43.1 Å². The molecule has 0 spiro atoms. The second-order valence-corrected chi connectivity index (χ2v) is 22.1. The third kappa shape index (κ3) is 8.02. The number of aromatic nitrogens is 6. The summed E-state index contributed by atoms with van der Waals surface area (Å²) in [5.74, 6) is 4.06. The van der Waals surface area contributed by atoms with Crippen LogP contribution in [0, 0.1) is 0 Å². The summed E-state index contributed by atoms with van der Waals surface area (Å²) < 4.78 is 0. The summed E-state index contributed by atoms with van der Waals surface area (Å²) in [5, 5.41) is 9.62. The van der Waals surface area contributed by atoms with Gasteiger partial charge in [-0.15, -0.1) is 0 Å². The van der Waals surface area contributed by atoms with Crippen LogP contribution in [0.2, 0.25) is 0 Å². The molecule has 6 heteroatoms. The zero-order valence-corrected chi connectivity index (χ0v) is 45.4. The lowest BCUT2D eigenvalue weighted by Gasteiger charge is -2.42. The second-order valence-electron chi connectivity index (χ2n) is 22.1. The Hall–Kier alpha value is -11.1. The molecule has 2 bridgehead atoms. The second kappa shape index (κ2) is 19.3. The van der Waals surface area contributed by atoms with E-state index >= 15 is 0 Å². The number of fused-ring (bicyclic) bond motifs is 6. The summed E-state index contributed by atoms with van der Waals surface area (Å²) >= 11 is 0. The zero-order chi connectivity index (χ0) is 55.2. The summed E-state index contributed by atoms with van der Waals surface area (Å²) in [4.78, 5) is 30.6. The molecule has 3 aliphatic rings. The van der Waals surface area contributed by atoms with Crippen LogP contribution < -0.4 is 0 Å². The molecule has 15 aromatic rings. The van der Waals surface area contributed by atoms with E-state index in [-0.39, 0.29) is 11.8 Å². The van der Waals surface area contributed by atoms with Gasteiger partial charge in [-0.25, -0.2) is 29.9 Å². The van der Waals surface area contributed by atoms with Crippen LogP contribution in [0.3, 0.4) is 0 Å². The molecule has 2 heterocycles. The number of nitrogens with zero attached hydrogens (tertiary/aromatic N) is 6. The molecule has 0 saturated carbocycles. The van der Waals surface area contributed by atoms with E-state index < -0.39 is 0 Å². The highest BCUT2D eigenvalue weighted by Gasteiger charge is 2.41. The summed E-state index contributed by atoms with van der Waals surface area (Å²) in [6, 6.07) is 99.9. The van der Waals surface area contributed by atoms with Crippen molar-refractivity contribution in [3.05, 3.63) is 312 Å². The van der Waals surface area contributed by atoms with Gasteiger partial charge in [-0.2, -0.15) is 0 Å². The lowest BCUT2D eigenvalue weighted by atomic mass is 9.60. The van der Waals surface area contributed by atoms with Gasteiger partial charge in [-0.3, -0.25) is 0 Å². The molecule has 18 rings (SSSR count). The smallest absolute Gasteiger partial charge is 0.164 e. The first-order valence-electron chi connectivity index (χ1n) is 28.6. The van der Waals surface area contributed by atoms with E-state index in [9.17, 15) is 0 Å². The predicted octanol–water partition coefficient (Wildman–Crippen LogP) is 19.0. The van der Waals surface area contributed by atoms with E-state index in [1.54, 1.807) is 0 Å². The highest BCUT2D eigenvalue weighted by Crippen LogP contribution is 2.57. The van der Waals surface area contributed by atoms with Crippen molar-refractivity contribution in [2.75, 3.05) is 0 Å². The molecule has 13 aromatic carbocycles.